The van der Waals surface area contributed by atoms with Gasteiger partial charge in [-0.1, -0.05) is 11.6 Å². The first-order valence-electron chi connectivity index (χ1n) is 5.24. The summed E-state index contributed by atoms with van der Waals surface area (Å²) in [6.45, 7) is 0.446. The number of hydrogen-bond acceptors (Lipinski definition) is 4. The lowest BCUT2D eigenvalue weighted by molar-refractivity contribution is 0.185. The van der Waals surface area contributed by atoms with Crippen molar-refractivity contribution >= 4 is 11.6 Å². The van der Waals surface area contributed by atoms with Gasteiger partial charge in [0.1, 0.15) is 11.5 Å². The molecule has 0 radical (unpaired) electrons. The average molecular weight is 260 g/mol. The first-order valence-corrected chi connectivity index (χ1v) is 5.61. The molecule has 0 aliphatic rings. The summed E-state index contributed by atoms with van der Waals surface area (Å²) in [5, 5.41) is 9.38. The maximum Gasteiger partial charge on any atom is 0.133 e. The third kappa shape index (κ3) is 2.83. The SMILES string of the molecule is COCc1cc(C#N)cc(-c2cc(Cl)ncn2)c1. The summed E-state index contributed by atoms with van der Waals surface area (Å²) < 4.78 is 5.07. The van der Waals surface area contributed by atoms with E-state index in [-0.39, 0.29) is 0 Å². The van der Waals surface area contributed by atoms with E-state index in [0.29, 0.717) is 23.0 Å². The molecule has 1 aromatic carbocycles. The Balaban J connectivity index is 2.50. The van der Waals surface area contributed by atoms with Gasteiger partial charge in [0.15, 0.2) is 0 Å². The summed E-state index contributed by atoms with van der Waals surface area (Å²) in [7, 11) is 1.61. The monoisotopic (exact) mass is 259 g/mol. The van der Waals surface area contributed by atoms with Gasteiger partial charge in [-0.2, -0.15) is 5.26 Å². The number of aromatic nitrogens is 2. The fourth-order valence-corrected chi connectivity index (χ4v) is 1.79. The number of halogens is 1. The molecule has 0 spiro atoms. The Labute approximate surface area is 110 Å². The maximum absolute atomic E-state index is 9.01. The first kappa shape index (κ1) is 12.5. The molecule has 2 aromatic rings. The van der Waals surface area contributed by atoms with Gasteiger partial charge in [-0.15, -0.1) is 0 Å². The zero-order chi connectivity index (χ0) is 13.0. The molecule has 0 aliphatic heterocycles. The third-order valence-electron chi connectivity index (χ3n) is 2.36. The van der Waals surface area contributed by atoms with Gasteiger partial charge in [0, 0.05) is 18.7 Å². The molecule has 0 N–H and O–H groups in total. The predicted molar refractivity (Wildman–Crippen MR) is 67.9 cm³/mol. The molecule has 0 atom stereocenters. The summed E-state index contributed by atoms with van der Waals surface area (Å²) in [5.74, 6) is 0. The highest BCUT2D eigenvalue weighted by Gasteiger charge is 2.05. The Morgan fingerprint density at radius 1 is 1.28 bits per heavy atom. The van der Waals surface area contributed by atoms with Crippen molar-refractivity contribution in [1.82, 2.24) is 9.97 Å². The summed E-state index contributed by atoms with van der Waals surface area (Å²) in [6, 6.07) is 9.25. The minimum atomic E-state index is 0.371. The van der Waals surface area contributed by atoms with Crippen LogP contribution in [-0.2, 0) is 11.3 Å². The van der Waals surface area contributed by atoms with E-state index in [1.165, 1.54) is 6.33 Å². The lowest BCUT2D eigenvalue weighted by Gasteiger charge is -2.05. The largest absolute Gasteiger partial charge is 0.380 e. The van der Waals surface area contributed by atoms with Crippen LogP contribution < -0.4 is 0 Å². The van der Waals surface area contributed by atoms with Crippen molar-refractivity contribution in [1.29, 1.82) is 5.26 Å². The molecule has 0 saturated heterocycles. The molecule has 0 aliphatic carbocycles. The number of ether oxygens (including phenoxy) is 1. The van der Waals surface area contributed by atoms with E-state index < -0.39 is 0 Å². The highest BCUT2D eigenvalue weighted by atomic mass is 35.5. The van der Waals surface area contributed by atoms with Crippen molar-refractivity contribution in [2.75, 3.05) is 7.11 Å². The minimum absolute atomic E-state index is 0.371. The number of nitrogens with zero attached hydrogens (tertiary/aromatic N) is 3. The van der Waals surface area contributed by atoms with Crippen molar-refractivity contribution < 1.29 is 4.74 Å². The normalized spacial score (nSPS) is 10.1. The van der Waals surface area contributed by atoms with Crippen LogP contribution in [0.15, 0.2) is 30.6 Å². The van der Waals surface area contributed by atoms with Crippen molar-refractivity contribution in [3.05, 3.63) is 46.9 Å². The number of benzene rings is 1. The summed E-state index contributed by atoms with van der Waals surface area (Å²) in [4.78, 5) is 7.97. The van der Waals surface area contributed by atoms with Gasteiger partial charge in [-0.3, -0.25) is 0 Å². The van der Waals surface area contributed by atoms with Gasteiger partial charge >= 0.3 is 0 Å². The summed E-state index contributed by atoms with van der Waals surface area (Å²) >= 11 is 5.83. The Hall–Kier alpha value is -1.96. The van der Waals surface area contributed by atoms with E-state index in [2.05, 4.69) is 16.0 Å². The van der Waals surface area contributed by atoms with Crippen LogP contribution in [-0.4, -0.2) is 17.1 Å². The van der Waals surface area contributed by atoms with Gasteiger partial charge in [0.05, 0.1) is 23.9 Å². The molecule has 90 valence electrons. The number of nitriles is 1. The Morgan fingerprint density at radius 2 is 2.11 bits per heavy atom. The second-order valence-electron chi connectivity index (χ2n) is 3.69. The highest BCUT2D eigenvalue weighted by Crippen LogP contribution is 2.22. The van der Waals surface area contributed by atoms with Gasteiger partial charge in [-0.05, 0) is 23.8 Å². The molecule has 0 amide bonds. The molecule has 0 bridgehead atoms. The lowest BCUT2D eigenvalue weighted by atomic mass is 10.0. The number of hydrogen-bond donors (Lipinski definition) is 0. The third-order valence-corrected chi connectivity index (χ3v) is 2.57. The fraction of sp³-hybridized carbons (Fsp3) is 0.154. The van der Waals surface area contributed by atoms with Gasteiger partial charge in [0.25, 0.3) is 0 Å². The van der Waals surface area contributed by atoms with Gasteiger partial charge < -0.3 is 4.74 Å². The Bertz CT molecular complexity index is 607. The summed E-state index contributed by atoms with van der Waals surface area (Å²) in [6.07, 6.45) is 1.40. The molecule has 2 rings (SSSR count). The van der Waals surface area contributed by atoms with Crippen LogP contribution >= 0.6 is 11.6 Å². The zero-order valence-electron chi connectivity index (χ0n) is 9.72. The Kier molecular flexibility index (Phi) is 3.88. The molecule has 0 unspecified atom stereocenters. The molecular formula is C13H10ClN3O. The van der Waals surface area contributed by atoms with Crippen LogP contribution in [0, 0.1) is 11.3 Å². The molecule has 5 heteroatoms. The van der Waals surface area contributed by atoms with E-state index in [9.17, 15) is 0 Å². The molecule has 1 aromatic heterocycles. The van der Waals surface area contributed by atoms with Gasteiger partial charge in [0.2, 0.25) is 0 Å². The average Bonchev–Trinajstić information content (AvgIpc) is 2.39. The molecule has 0 fully saturated rings. The van der Waals surface area contributed by atoms with Crippen LogP contribution in [0.5, 0.6) is 0 Å². The second-order valence-corrected chi connectivity index (χ2v) is 4.08. The summed E-state index contributed by atoms with van der Waals surface area (Å²) in [5.41, 5.74) is 2.99. The highest BCUT2D eigenvalue weighted by molar-refractivity contribution is 6.29. The maximum atomic E-state index is 9.01. The number of rotatable bonds is 3. The molecule has 0 saturated carbocycles. The lowest BCUT2D eigenvalue weighted by Crippen LogP contribution is -1.92. The van der Waals surface area contributed by atoms with E-state index >= 15 is 0 Å². The van der Waals surface area contributed by atoms with Crippen LogP contribution in [0.2, 0.25) is 5.15 Å². The standard InChI is InChI=1S/C13H10ClN3O/c1-18-7-10-2-9(6-15)3-11(4-10)12-5-13(14)17-8-16-12/h2-5,8H,7H2,1H3. The van der Waals surface area contributed by atoms with Crippen LogP contribution in [0.1, 0.15) is 11.1 Å². The molecular weight excluding hydrogens is 250 g/mol. The van der Waals surface area contributed by atoms with Crippen LogP contribution in [0.3, 0.4) is 0 Å². The van der Waals surface area contributed by atoms with Gasteiger partial charge in [-0.25, -0.2) is 9.97 Å². The van der Waals surface area contributed by atoms with Crippen LogP contribution in [0.4, 0.5) is 0 Å². The zero-order valence-corrected chi connectivity index (χ0v) is 10.5. The van der Waals surface area contributed by atoms with Crippen molar-refractivity contribution in [2.24, 2.45) is 0 Å². The first-order chi connectivity index (χ1) is 8.72. The number of methoxy groups -OCH3 is 1. The van der Waals surface area contributed by atoms with E-state index in [1.54, 1.807) is 25.3 Å². The molecule has 18 heavy (non-hydrogen) atoms. The van der Waals surface area contributed by atoms with Crippen molar-refractivity contribution in [2.45, 2.75) is 6.61 Å². The second kappa shape index (κ2) is 5.58. The predicted octanol–water partition coefficient (Wildman–Crippen LogP) is 2.82. The molecule has 4 nitrogen and oxygen atoms in total. The molecule has 1 heterocycles. The van der Waals surface area contributed by atoms with Crippen LogP contribution in [0.25, 0.3) is 11.3 Å². The topological polar surface area (TPSA) is 58.8 Å². The van der Waals surface area contributed by atoms with Crippen molar-refractivity contribution in [3.63, 3.8) is 0 Å². The smallest absolute Gasteiger partial charge is 0.133 e. The van der Waals surface area contributed by atoms with E-state index in [4.69, 9.17) is 21.6 Å². The minimum Gasteiger partial charge on any atom is -0.380 e. The fourth-order valence-electron chi connectivity index (χ4n) is 1.65. The van der Waals surface area contributed by atoms with E-state index in [1.807, 2.05) is 6.07 Å². The Morgan fingerprint density at radius 3 is 2.78 bits per heavy atom. The van der Waals surface area contributed by atoms with Crippen molar-refractivity contribution in [3.8, 4) is 17.3 Å². The van der Waals surface area contributed by atoms with E-state index in [0.717, 1.165) is 11.1 Å². The quantitative estimate of drug-likeness (QED) is 0.796.